The maximum atomic E-state index is 12.9. The van der Waals surface area contributed by atoms with Gasteiger partial charge in [0.15, 0.2) is 5.78 Å². The SMILES string of the molecule is O=C(/C=C/c1ccco1)c1ccc(OCC(O)CNCCc2ccc(F)cc2)cc1. The van der Waals surface area contributed by atoms with Crippen LogP contribution >= 0.6 is 0 Å². The fourth-order valence-electron chi connectivity index (χ4n) is 2.76. The van der Waals surface area contributed by atoms with Gasteiger partial charge in [0, 0.05) is 12.1 Å². The molecule has 156 valence electrons. The second-order valence-electron chi connectivity index (χ2n) is 6.78. The Bertz CT molecular complexity index is 934. The van der Waals surface area contributed by atoms with Crippen molar-refractivity contribution in [3.05, 3.63) is 95.7 Å². The number of carbonyl (C=O) groups excluding carboxylic acids is 1. The van der Waals surface area contributed by atoms with Crippen molar-refractivity contribution in [2.75, 3.05) is 19.7 Å². The molecule has 2 aromatic carbocycles. The van der Waals surface area contributed by atoms with Crippen molar-refractivity contribution >= 4 is 11.9 Å². The van der Waals surface area contributed by atoms with E-state index >= 15 is 0 Å². The van der Waals surface area contributed by atoms with E-state index in [1.54, 1.807) is 60.9 Å². The highest BCUT2D eigenvalue weighted by atomic mass is 19.1. The van der Waals surface area contributed by atoms with Gasteiger partial charge in [0.25, 0.3) is 0 Å². The lowest BCUT2D eigenvalue weighted by molar-refractivity contribution is 0.104. The zero-order valence-electron chi connectivity index (χ0n) is 16.5. The maximum absolute atomic E-state index is 12.9. The van der Waals surface area contributed by atoms with Crippen LogP contribution in [0.15, 0.2) is 77.4 Å². The van der Waals surface area contributed by atoms with Crippen molar-refractivity contribution in [3.63, 3.8) is 0 Å². The highest BCUT2D eigenvalue weighted by Crippen LogP contribution is 2.14. The quantitative estimate of drug-likeness (QED) is 0.286. The number of hydrogen-bond donors (Lipinski definition) is 2. The van der Waals surface area contributed by atoms with E-state index < -0.39 is 6.10 Å². The third-order valence-electron chi connectivity index (χ3n) is 4.41. The molecule has 0 aliphatic carbocycles. The van der Waals surface area contributed by atoms with E-state index in [1.165, 1.54) is 18.2 Å². The summed E-state index contributed by atoms with van der Waals surface area (Å²) in [6.07, 6.45) is 4.70. The summed E-state index contributed by atoms with van der Waals surface area (Å²) in [5, 5.41) is 13.2. The Morgan fingerprint density at radius 2 is 1.90 bits per heavy atom. The molecule has 0 aliphatic heterocycles. The molecule has 0 radical (unpaired) electrons. The van der Waals surface area contributed by atoms with Crippen LogP contribution in [0.5, 0.6) is 5.75 Å². The number of nitrogens with one attached hydrogen (secondary N) is 1. The lowest BCUT2D eigenvalue weighted by Crippen LogP contribution is -2.32. The van der Waals surface area contributed by atoms with Crippen LogP contribution in [0.3, 0.4) is 0 Å². The van der Waals surface area contributed by atoms with Gasteiger partial charge in [-0.05, 0) is 79.2 Å². The van der Waals surface area contributed by atoms with Crippen LogP contribution in [0.25, 0.3) is 6.08 Å². The molecule has 1 aromatic heterocycles. The number of rotatable bonds is 11. The second kappa shape index (κ2) is 11.1. The summed E-state index contributed by atoms with van der Waals surface area (Å²) in [5.41, 5.74) is 1.57. The summed E-state index contributed by atoms with van der Waals surface area (Å²) in [5.74, 6) is 0.806. The molecule has 0 spiro atoms. The summed E-state index contributed by atoms with van der Waals surface area (Å²) in [7, 11) is 0. The summed E-state index contributed by atoms with van der Waals surface area (Å²) in [6, 6.07) is 16.6. The summed E-state index contributed by atoms with van der Waals surface area (Å²) in [4.78, 5) is 12.1. The van der Waals surface area contributed by atoms with Crippen LogP contribution in [0.1, 0.15) is 21.7 Å². The Morgan fingerprint density at radius 3 is 2.60 bits per heavy atom. The number of hydrogen-bond acceptors (Lipinski definition) is 5. The van der Waals surface area contributed by atoms with Gasteiger partial charge in [0.1, 0.15) is 30.0 Å². The third-order valence-corrected chi connectivity index (χ3v) is 4.41. The van der Waals surface area contributed by atoms with Gasteiger partial charge in [-0.15, -0.1) is 0 Å². The largest absolute Gasteiger partial charge is 0.491 e. The van der Waals surface area contributed by atoms with E-state index in [9.17, 15) is 14.3 Å². The monoisotopic (exact) mass is 409 g/mol. The first-order valence-electron chi connectivity index (χ1n) is 9.72. The van der Waals surface area contributed by atoms with Crippen molar-refractivity contribution < 1.29 is 23.4 Å². The molecule has 0 amide bonds. The van der Waals surface area contributed by atoms with E-state index in [-0.39, 0.29) is 18.2 Å². The van der Waals surface area contributed by atoms with E-state index in [1.807, 2.05) is 0 Å². The minimum atomic E-state index is -0.671. The molecule has 0 saturated carbocycles. The molecule has 5 nitrogen and oxygen atoms in total. The molecule has 1 atom stereocenters. The third kappa shape index (κ3) is 6.99. The van der Waals surface area contributed by atoms with Crippen LogP contribution in [0.4, 0.5) is 4.39 Å². The molecular formula is C24H24FNO4. The molecule has 6 heteroatoms. The number of carbonyl (C=O) groups is 1. The molecule has 3 rings (SSSR count). The molecule has 2 N–H and O–H groups in total. The van der Waals surface area contributed by atoms with Crippen LogP contribution in [0, 0.1) is 5.82 Å². The fraction of sp³-hybridized carbons (Fsp3) is 0.208. The van der Waals surface area contributed by atoms with E-state index in [0.717, 1.165) is 12.0 Å². The smallest absolute Gasteiger partial charge is 0.185 e. The van der Waals surface area contributed by atoms with Crippen LogP contribution in [-0.2, 0) is 6.42 Å². The number of halogens is 1. The van der Waals surface area contributed by atoms with Crippen LogP contribution in [-0.4, -0.2) is 36.7 Å². The van der Waals surface area contributed by atoms with Crippen molar-refractivity contribution in [3.8, 4) is 5.75 Å². The van der Waals surface area contributed by atoms with Crippen molar-refractivity contribution in [2.24, 2.45) is 0 Å². The first-order valence-corrected chi connectivity index (χ1v) is 9.72. The average molecular weight is 409 g/mol. The first kappa shape index (κ1) is 21.5. The molecule has 0 fully saturated rings. The normalized spacial score (nSPS) is 12.2. The van der Waals surface area contributed by atoms with E-state index in [2.05, 4.69) is 5.32 Å². The summed E-state index contributed by atoms with van der Waals surface area (Å²) in [6.45, 7) is 1.19. The number of aliphatic hydroxyl groups excluding tert-OH is 1. The number of benzene rings is 2. The van der Waals surface area contributed by atoms with E-state index in [4.69, 9.17) is 9.15 Å². The van der Waals surface area contributed by atoms with Gasteiger partial charge in [0.05, 0.1) is 6.26 Å². The zero-order chi connectivity index (χ0) is 21.2. The highest BCUT2D eigenvalue weighted by Gasteiger charge is 2.07. The van der Waals surface area contributed by atoms with E-state index in [0.29, 0.717) is 30.2 Å². The number of ether oxygens (including phenoxy) is 1. The van der Waals surface area contributed by atoms with Crippen LogP contribution in [0.2, 0.25) is 0 Å². The summed E-state index contributed by atoms with van der Waals surface area (Å²) < 4.78 is 23.6. The van der Waals surface area contributed by atoms with Gasteiger partial charge in [-0.1, -0.05) is 12.1 Å². The molecule has 1 heterocycles. The van der Waals surface area contributed by atoms with Gasteiger partial charge in [0.2, 0.25) is 0 Å². The minimum Gasteiger partial charge on any atom is -0.491 e. The van der Waals surface area contributed by atoms with Gasteiger partial charge < -0.3 is 19.6 Å². The Kier molecular flexibility index (Phi) is 7.94. The lowest BCUT2D eigenvalue weighted by Gasteiger charge is -2.13. The zero-order valence-corrected chi connectivity index (χ0v) is 16.5. The molecule has 0 saturated heterocycles. The number of allylic oxidation sites excluding steroid dienone is 1. The van der Waals surface area contributed by atoms with Crippen molar-refractivity contribution in [2.45, 2.75) is 12.5 Å². The Labute approximate surface area is 174 Å². The maximum Gasteiger partial charge on any atom is 0.185 e. The van der Waals surface area contributed by atoms with Gasteiger partial charge >= 0.3 is 0 Å². The van der Waals surface area contributed by atoms with Gasteiger partial charge in [-0.2, -0.15) is 0 Å². The summed E-state index contributed by atoms with van der Waals surface area (Å²) >= 11 is 0. The van der Waals surface area contributed by atoms with Gasteiger partial charge in [-0.3, -0.25) is 4.79 Å². The second-order valence-corrected chi connectivity index (χ2v) is 6.78. The van der Waals surface area contributed by atoms with Crippen molar-refractivity contribution in [1.29, 1.82) is 0 Å². The Morgan fingerprint density at radius 1 is 1.13 bits per heavy atom. The highest BCUT2D eigenvalue weighted by molar-refractivity contribution is 6.06. The lowest BCUT2D eigenvalue weighted by atomic mass is 10.1. The average Bonchev–Trinajstić information content (AvgIpc) is 3.29. The molecule has 30 heavy (non-hydrogen) atoms. The molecule has 0 aliphatic rings. The fourth-order valence-corrected chi connectivity index (χ4v) is 2.76. The molecular weight excluding hydrogens is 385 g/mol. The Hall–Kier alpha value is -3.22. The van der Waals surface area contributed by atoms with Crippen LogP contribution < -0.4 is 10.1 Å². The standard InChI is InChI=1S/C24H24FNO4/c25-20-7-3-18(4-8-20)13-14-26-16-21(27)17-30-23-9-5-19(6-10-23)24(28)12-11-22-2-1-15-29-22/h1-12,15,21,26-27H,13-14,16-17H2/b12-11+. The predicted octanol–water partition coefficient (Wildman–Crippen LogP) is 3.89. The Balaban J connectivity index is 1.35. The number of ketones is 1. The first-order chi connectivity index (χ1) is 14.6. The topological polar surface area (TPSA) is 71.7 Å². The van der Waals surface area contributed by atoms with Gasteiger partial charge in [-0.25, -0.2) is 4.39 Å². The molecule has 1 unspecified atom stereocenters. The molecule has 0 bridgehead atoms. The predicted molar refractivity (Wildman–Crippen MR) is 113 cm³/mol. The van der Waals surface area contributed by atoms with Crippen molar-refractivity contribution in [1.82, 2.24) is 5.32 Å². The minimum absolute atomic E-state index is 0.134. The number of furan rings is 1. The number of aliphatic hydroxyl groups is 1. The molecule has 3 aromatic rings.